The van der Waals surface area contributed by atoms with Crippen LogP contribution in [0, 0.1) is 11.8 Å². The minimum Gasteiger partial charge on any atom is -0.467 e. The fraction of sp³-hybridized carbons (Fsp3) is 0.667. The molecule has 1 N–H and O–H groups in total. The van der Waals surface area contributed by atoms with E-state index in [4.69, 9.17) is 9.15 Å². The zero-order valence-corrected chi connectivity index (χ0v) is 14.1. The Morgan fingerprint density at radius 3 is 2.88 bits per heavy atom. The highest BCUT2D eigenvalue weighted by Crippen LogP contribution is 2.41. The topological polar surface area (TPSA) is 71.8 Å². The van der Waals surface area contributed by atoms with Gasteiger partial charge in [-0.25, -0.2) is 4.39 Å². The van der Waals surface area contributed by atoms with Crippen LogP contribution in [0.5, 0.6) is 0 Å². The number of rotatable bonds is 5. The Morgan fingerprint density at radius 1 is 1.36 bits per heavy atom. The van der Waals surface area contributed by atoms with Gasteiger partial charge in [-0.3, -0.25) is 9.59 Å². The van der Waals surface area contributed by atoms with Crippen molar-refractivity contribution in [2.24, 2.45) is 11.8 Å². The molecule has 0 spiro atoms. The molecule has 0 radical (unpaired) electrons. The summed E-state index contributed by atoms with van der Waals surface area (Å²) < 4.78 is 25.3. The van der Waals surface area contributed by atoms with E-state index in [0.717, 1.165) is 6.42 Å². The van der Waals surface area contributed by atoms with E-state index >= 15 is 0 Å². The van der Waals surface area contributed by atoms with Gasteiger partial charge in [0, 0.05) is 25.4 Å². The summed E-state index contributed by atoms with van der Waals surface area (Å²) in [6.07, 6.45) is 3.29. The number of carbonyl (C=O) groups excluding carboxylic acids is 2. The normalized spacial score (nSPS) is 30.0. The van der Waals surface area contributed by atoms with Crippen LogP contribution in [-0.2, 0) is 20.9 Å². The number of carbonyl (C=O) groups is 2. The van der Waals surface area contributed by atoms with Crippen molar-refractivity contribution in [2.45, 2.75) is 44.0 Å². The van der Waals surface area contributed by atoms with Crippen molar-refractivity contribution in [3.05, 3.63) is 24.2 Å². The molecule has 3 heterocycles. The van der Waals surface area contributed by atoms with E-state index in [0.29, 0.717) is 51.3 Å². The molecule has 25 heavy (non-hydrogen) atoms. The molecule has 3 aliphatic rings. The van der Waals surface area contributed by atoms with Crippen molar-refractivity contribution < 1.29 is 23.1 Å². The monoisotopic (exact) mass is 350 g/mol. The molecular weight excluding hydrogens is 327 g/mol. The molecule has 0 aromatic carbocycles. The maximum Gasteiger partial charge on any atom is 0.260 e. The fourth-order valence-corrected chi connectivity index (χ4v) is 4.07. The van der Waals surface area contributed by atoms with Gasteiger partial charge in [0.25, 0.3) is 5.91 Å². The lowest BCUT2D eigenvalue weighted by atomic mass is 9.81. The second-order valence-electron chi connectivity index (χ2n) is 7.38. The van der Waals surface area contributed by atoms with E-state index in [1.54, 1.807) is 17.2 Å². The molecule has 1 aromatic heterocycles. The number of hydrogen-bond acceptors (Lipinski definition) is 4. The summed E-state index contributed by atoms with van der Waals surface area (Å²) in [4.78, 5) is 26.1. The molecule has 2 amide bonds. The van der Waals surface area contributed by atoms with E-state index in [9.17, 15) is 14.0 Å². The summed E-state index contributed by atoms with van der Waals surface area (Å²) in [6, 6.07) is 3.59. The minimum atomic E-state index is -1.66. The highest BCUT2D eigenvalue weighted by atomic mass is 19.1. The highest BCUT2D eigenvalue weighted by molar-refractivity contribution is 5.86. The summed E-state index contributed by atoms with van der Waals surface area (Å²) in [6.45, 7) is 1.82. The fourth-order valence-electron chi connectivity index (χ4n) is 4.07. The number of fused-ring (bicyclic) bond motifs is 1. The van der Waals surface area contributed by atoms with E-state index < -0.39 is 11.6 Å². The average molecular weight is 350 g/mol. The molecule has 1 aromatic rings. The van der Waals surface area contributed by atoms with Gasteiger partial charge in [0.2, 0.25) is 5.91 Å². The van der Waals surface area contributed by atoms with Crippen molar-refractivity contribution >= 4 is 11.8 Å². The molecule has 3 atom stereocenters. The summed E-state index contributed by atoms with van der Waals surface area (Å²) in [5.41, 5.74) is -1.66. The quantitative estimate of drug-likeness (QED) is 0.877. The Labute approximate surface area is 145 Å². The van der Waals surface area contributed by atoms with Gasteiger partial charge in [-0.15, -0.1) is 0 Å². The molecule has 4 rings (SSSR count). The predicted molar refractivity (Wildman–Crippen MR) is 86.2 cm³/mol. The molecule has 1 saturated carbocycles. The third kappa shape index (κ3) is 3.17. The number of alkyl halides is 1. The summed E-state index contributed by atoms with van der Waals surface area (Å²) in [7, 11) is 0. The van der Waals surface area contributed by atoms with Gasteiger partial charge in [-0.1, -0.05) is 0 Å². The molecule has 2 saturated heterocycles. The van der Waals surface area contributed by atoms with Crippen molar-refractivity contribution in [3.8, 4) is 0 Å². The Morgan fingerprint density at radius 2 is 2.20 bits per heavy atom. The summed E-state index contributed by atoms with van der Waals surface area (Å²) in [5, 5.41) is 2.84. The number of nitrogens with zero attached hydrogens (tertiary/aromatic N) is 1. The standard InChI is InChI=1S/C18H23FN2O4/c19-18(4-2-5-18)17(23)21-9-14-12(11-25-15(14)10-21)7-16(22)20-8-13-3-1-6-24-13/h1,3,6,12,14-15H,2,4-5,7-11H2,(H,20,22)/t12-,14+,15+/m0/s1. The second-order valence-corrected chi connectivity index (χ2v) is 7.38. The van der Waals surface area contributed by atoms with Gasteiger partial charge in [-0.2, -0.15) is 0 Å². The number of ether oxygens (including phenoxy) is 1. The maximum atomic E-state index is 14.4. The van der Waals surface area contributed by atoms with Crippen LogP contribution in [-0.4, -0.2) is 48.2 Å². The van der Waals surface area contributed by atoms with Crippen LogP contribution in [0.25, 0.3) is 0 Å². The number of halogens is 1. The molecule has 7 heteroatoms. The molecule has 2 aliphatic heterocycles. The number of hydrogen-bond donors (Lipinski definition) is 1. The molecule has 136 valence electrons. The van der Waals surface area contributed by atoms with Crippen molar-refractivity contribution in [3.63, 3.8) is 0 Å². The largest absolute Gasteiger partial charge is 0.467 e. The minimum absolute atomic E-state index is 0.0589. The van der Waals surface area contributed by atoms with E-state index in [2.05, 4.69) is 5.32 Å². The van der Waals surface area contributed by atoms with Crippen molar-refractivity contribution in [1.29, 1.82) is 0 Å². The van der Waals surface area contributed by atoms with Crippen LogP contribution >= 0.6 is 0 Å². The van der Waals surface area contributed by atoms with Gasteiger partial charge < -0.3 is 19.4 Å². The van der Waals surface area contributed by atoms with Gasteiger partial charge in [0.15, 0.2) is 5.67 Å². The third-order valence-corrected chi connectivity index (χ3v) is 5.74. The predicted octanol–water partition coefficient (Wildman–Crippen LogP) is 1.65. The van der Waals surface area contributed by atoms with Crippen LogP contribution < -0.4 is 5.32 Å². The lowest BCUT2D eigenvalue weighted by Gasteiger charge is -2.35. The number of amides is 2. The number of likely N-dealkylation sites (tertiary alicyclic amines) is 1. The Hall–Kier alpha value is -1.89. The Balaban J connectivity index is 1.29. The lowest BCUT2D eigenvalue weighted by Crippen LogP contribution is -2.50. The first-order valence-corrected chi connectivity index (χ1v) is 8.94. The molecular formula is C18H23FN2O4. The first-order chi connectivity index (χ1) is 12.0. The van der Waals surface area contributed by atoms with Crippen LogP contribution in [0.15, 0.2) is 22.8 Å². The van der Waals surface area contributed by atoms with Crippen molar-refractivity contribution in [1.82, 2.24) is 10.2 Å². The Bertz CT molecular complexity index is 644. The van der Waals surface area contributed by atoms with Gasteiger partial charge in [0.1, 0.15) is 5.76 Å². The number of nitrogens with one attached hydrogen (secondary N) is 1. The molecule has 1 aliphatic carbocycles. The van der Waals surface area contributed by atoms with Crippen LogP contribution in [0.1, 0.15) is 31.4 Å². The third-order valence-electron chi connectivity index (χ3n) is 5.74. The van der Waals surface area contributed by atoms with E-state index in [-0.39, 0.29) is 23.8 Å². The first-order valence-electron chi connectivity index (χ1n) is 8.94. The second kappa shape index (κ2) is 6.44. The molecule has 0 unspecified atom stereocenters. The van der Waals surface area contributed by atoms with Gasteiger partial charge in [-0.05, 0) is 37.3 Å². The molecule has 0 bridgehead atoms. The average Bonchev–Trinajstić information content (AvgIpc) is 3.28. The van der Waals surface area contributed by atoms with E-state index in [1.807, 2.05) is 6.07 Å². The van der Waals surface area contributed by atoms with Gasteiger partial charge >= 0.3 is 0 Å². The number of furan rings is 1. The zero-order chi connectivity index (χ0) is 17.4. The first kappa shape index (κ1) is 16.6. The Kier molecular flexibility index (Phi) is 4.27. The summed E-state index contributed by atoms with van der Waals surface area (Å²) in [5.74, 6) is 0.438. The van der Waals surface area contributed by atoms with Crippen LogP contribution in [0.2, 0.25) is 0 Å². The van der Waals surface area contributed by atoms with Crippen molar-refractivity contribution in [2.75, 3.05) is 19.7 Å². The maximum absolute atomic E-state index is 14.4. The zero-order valence-electron chi connectivity index (χ0n) is 14.1. The van der Waals surface area contributed by atoms with Crippen LogP contribution in [0.3, 0.4) is 0 Å². The highest BCUT2D eigenvalue weighted by Gasteiger charge is 2.52. The molecule has 6 nitrogen and oxygen atoms in total. The SMILES string of the molecule is O=C(C[C@H]1CO[C@@H]2CN(C(=O)C3(F)CCC3)C[C@H]12)NCc1ccco1. The van der Waals surface area contributed by atoms with Gasteiger partial charge in [0.05, 0.1) is 25.5 Å². The van der Waals surface area contributed by atoms with E-state index in [1.165, 1.54) is 0 Å². The lowest BCUT2D eigenvalue weighted by molar-refractivity contribution is -0.149. The molecule has 3 fully saturated rings. The smallest absolute Gasteiger partial charge is 0.260 e. The van der Waals surface area contributed by atoms with Crippen LogP contribution in [0.4, 0.5) is 4.39 Å². The summed E-state index contributed by atoms with van der Waals surface area (Å²) >= 11 is 0.